The molecule has 0 aromatic heterocycles. The molecule has 2 saturated carbocycles. The number of ether oxygens (including phenoxy) is 4. The average molecular weight is 541 g/mol. The van der Waals surface area contributed by atoms with Gasteiger partial charge in [-0.1, -0.05) is 25.1 Å². The standard InChI is InChI=1S/C28H28O11/c1-12-14-9-16-27-11-37-28(25(35)36-3,22(32)18(31)20(27)26(14,2)10-15(29)17(12)30)21(27)19(24(34)38-16)39-23(33)13-7-5-4-6-8-13/h4-8,10,16,18-22,29,31-32H,9,11H2,1-3H3/t16-,18-,19-,20-,21-,22?,26+,27-,28?/m1/s1. The van der Waals surface area contributed by atoms with Crippen molar-refractivity contribution in [3.05, 3.63) is 58.9 Å². The van der Waals surface area contributed by atoms with Crippen LogP contribution in [0.1, 0.15) is 30.6 Å². The van der Waals surface area contributed by atoms with Crippen molar-refractivity contribution < 1.29 is 53.4 Å². The predicted octanol–water partition coefficient (Wildman–Crippen LogP) is 0.785. The summed E-state index contributed by atoms with van der Waals surface area (Å²) in [4.78, 5) is 52.7. The van der Waals surface area contributed by atoms with Crippen LogP contribution in [0.5, 0.6) is 0 Å². The fourth-order valence-corrected chi connectivity index (χ4v) is 8.07. The summed E-state index contributed by atoms with van der Waals surface area (Å²) >= 11 is 0. The van der Waals surface area contributed by atoms with E-state index in [9.17, 15) is 34.5 Å². The molecule has 2 heterocycles. The van der Waals surface area contributed by atoms with E-state index in [1.807, 2.05) is 0 Å². The SMILES string of the molecule is COC(=O)C12OC[C@@]34[C@@H](CC5=C(C)C(=O)C(O)=C[C@]5(C)[C@H]3[C@@H](O)C1O)OC(=O)[C@H](OC(=O)c1ccccc1)[C@@H]24. The molecule has 4 fully saturated rings. The Balaban J connectivity index is 1.57. The lowest BCUT2D eigenvalue weighted by Crippen LogP contribution is -2.78. The van der Waals surface area contributed by atoms with Gasteiger partial charge in [0.1, 0.15) is 12.2 Å². The first-order valence-electron chi connectivity index (χ1n) is 12.7. The van der Waals surface area contributed by atoms with E-state index in [0.717, 1.165) is 7.11 Å². The van der Waals surface area contributed by atoms with Crippen molar-refractivity contribution in [2.24, 2.45) is 22.7 Å². The average Bonchev–Trinajstić information content (AvgIpc) is 3.23. The minimum absolute atomic E-state index is 0.0410. The van der Waals surface area contributed by atoms with Gasteiger partial charge in [-0.15, -0.1) is 0 Å². The van der Waals surface area contributed by atoms with E-state index >= 15 is 0 Å². The summed E-state index contributed by atoms with van der Waals surface area (Å²) in [6.07, 6.45) is -4.87. The van der Waals surface area contributed by atoms with Crippen molar-refractivity contribution in [2.45, 2.75) is 50.3 Å². The van der Waals surface area contributed by atoms with Gasteiger partial charge in [-0.2, -0.15) is 0 Å². The summed E-state index contributed by atoms with van der Waals surface area (Å²) in [5.74, 6) is -6.29. The number of carbonyl (C=O) groups excluding carboxylic acids is 4. The lowest BCUT2D eigenvalue weighted by Gasteiger charge is -2.65. The Bertz CT molecular complexity index is 1360. The van der Waals surface area contributed by atoms with Crippen LogP contribution in [0.3, 0.4) is 0 Å². The lowest BCUT2D eigenvalue weighted by atomic mass is 9.40. The van der Waals surface area contributed by atoms with Gasteiger partial charge in [0.2, 0.25) is 17.5 Å². The van der Waals surface area contributed by atoms with E-state index in [0.29, 0.717) is 5.57 Å². The number of benzene rings is 1. The molecular formula is C28H28O11. The van der Waals surface area contributed by atoms with E-state index in [4.69, 9.17) is 18.9 Å². The van der Waals surface area contributed by atoms with Crippen molar-refractivity contribution in [1.82, 2.24) is 0 Å². The van der Waals surface area contributed by atoms with Crippen LogP contribution in [0.4, 0.5) is 0 Å². The maximum absolute atomic E-state index is 13.5. The number of esters is 3. The number of carbonyl (C=O) groups is 4. The zero-order valence-electron chi connectivity index (χ0n) is 21.5. The summed E-state index contributed by atoms with van der Waals surface area (Å²) in [6, 6.07) is 7.92. The molecule has 1 spiro atoms. The van der Waals surface area contributed by atoms with Crippen LogP contribution in [0.2, 0.25) is 0 Å². The molecule has 9 atom stereocenters. The van der Waals surface area contributed by atoms with E-state index in [2.05, 4.69) is 0 Å². The van der Waals surface area contributed by atoms with Gasteiger partial charge >= 0.3 is 17.9 Å². The third kappa shape index (κ3) is 2.98. The number of aliphatic hydroxyl groups is 3. The molecule has 2 aliphatic heterocycles. The minimum atomic E-state index is -2.26. The topological polar surface area (TPSA) is 166 Å². The van der Waals surface area contributed by atoms with Gasteiger partial charge in [-0.05, 0) is 30.7 Å². The number of hydrogen-bond donors (Lipinski definition) is 3. The van der Waals surface area contributed by atoms with Gasteiger partial charge in [0.25, 0.3) is 0 Å². The molecule has 206 valence electrons. The quantitative estimate of drug-likeness (QED) is 0.366. The Morgan fingerprint density at radius 1 is 1.10 bits per heavy atom. The van der Waals surface area contributed by atoms with Gasteiger partial charge in [0, 0.05) is 28.7 Å². The van der Waals surface area contributed by atoms with Crippen molar-refractivity contribution in [1.29, 1.82) is 0 Å². The van der Waals surface area contributed by atoms with Gasteiger partial charge in [0.15, 0.2) is 5.76 Å². The normalized spacial score (nSPS) is 42.1. The first-order valence-corrected chi connectivity index (χ1v) is 12.7. The van der Waals surface area contributed by atoms with Crippen LogP contribution < -0.4 is 0 Å². The first kappa shape index (κ1) is 25.7. The van der Waals surface area contributed by atoms with E-state index in [-0.39, 0.29) is 24.2 Å². The summed E-state index contributed by atoms with van der Waals surface area (Å²) in [5.41, 5.74) is -3.91. The molecular weight excluding hydrogens is 512 g/mol. The number of aliphatic hydroxyl groups excluding tert-OH is 3. The number of ketones is 1. The Kier molecular flexibility index (Phi) is 5.43. The van der Waals surface area contributed by atoms with Crippen LogP contribution >= 0.6 is 0 Å². The van der Waals surface area contributed by atoms with Gasteiger partial charge in [-0.3, -0.25) is 4.79 Å². The third-order valence-corrected chi connectivity index (χ3v) is 9.57. The maximum Gasteiger partial charge on any atom is 0.348 e. The largest absolute Gasteiger partial charge is 0.504 e. The second-order valence-electron chi connectivity index (χ2n) is 11.1. The molecule has 0 radical (unpaired) electrons. The molecule has 1 aromatic rings. The third-order valence-electron chi connectivity index (χ3n) is 9.57. The van der Waals surface area contributed by atoms with Gasteiger partial charge in [-0.25, -0.2) is 14.4 Å². The fourth-order valence-electron chi connectivity index (χ4n) is 8.07. The highest BCUT2D eigenvalue weighted by Crippen LogP contribution is 2.71. The lowest BCUT2D eigenvalue weighted by molar-refractivity contribution is -0.270. The Morgan fingerprint density at radius 2 is 1.79 bits per heavy atom. The molecule has 2 unspecified atom stereocenters. The molecule has 5 aliphatic rings. The van der Waals surface area contributed by atoms with Crippen LogP contribution in [-0.4, -0.2) is 82.7 Å². The van der Waals surface area contributed by atoms with Gasteiger partial charge in [0.05, 0.1) is 31.3 Å². The van der Waals surface area contributed by atoms with Gasteiger partial charge < -0.3 is 34.3 Å². The second kappa shape index (κ2) is 8.23. The smallest absolute Gasteiger partial charge is 0.348 e. The predicted molar refractivity (Wildman–Crippen MR) is 129 cm³/mol. The highest BCUT2D eigenvalue weighted by Gasteiger charge is 2.84. The van der Waals surface area contributed by atoms with Crippen LogP contribution in [0, 0.1) is 22.7 Å². The number of hydrogen-bond acceptors (Lipinski definition) is 11. The molecule has 39 heavy (non-hydrogen) atoms. The van der Waals surface area contributed by atoms with E-state index in [1.165, 1.54) is 18.2 Å². The van der Waals surface area contributed by atoms with Crippen LogP contribution in [0.15, 0.2) is 53.3 Å². The molecule has 6 rings (SSSR count). The van der Waals surface area contributed by atoms with Crippen molar-refractivity contribution in [3.8, 4) is 0 Å². The number of methoxy groups -OCH3 is 1. The highest BCUT2D eigenvalue weighted by atomic mass is 16.6. The van der Waals surface area contributed by atoms with Crippen LogP contribution in [-0.2, 0) is 33.3 Å². The maximum atomic E-state index is 13.5. The molecule has 2 bridgehead atoms. The molecule has 11 nitrogen and oxygen atoms in total. The summed E-state index contributed by atoms with van der Waals surface area (Å²) in [7, 11) is 1.08. The molecule has 3 aliphatic carbocycles. The fraction of sp³-hybridized carbons (Fsp3) is 0.500. The molecule has 11 heteroatoms. The van der Waals surface area contributed by atoms with Crippen molar-refractivity contribution in [3.63, 3.8) is 0 Å². The van der Waals surface area contributed by atoms with Crippen molar-refractivity contribution >= 4 is 23.7 Å². The summed E-state index contributed by atoms with van der Waals surface area (Å²) in [5, 5.41) is 33.8. The molecule has 3 N–H and O–H groups in total. The molecule has 2 saturated heterocycles. The van der Waals surface area contributed by atoms with E-state index in [1.54, 1.807) is 32.0 Å². The highest BCUT2D eigenvalue weighted by molar-refractivity contribution is 6.08. The van der Waals surface area contributed by atoms with Crippen molar-refractivity contribution in [2.75, 3.05) is 13.7 Å². The second-order valence-corrected chi connectivity index (χ2v) is 11.1. The first-order chi connectivity index (χ1) is 18.4. The Labute approximate surface area is 223 Å². The number of Topliss-reactive ketones (excluding diaryl/α,β-unsaturated/α-hetero) is 1. The number of allylic oxidation sites excluding steroid dienone is 2. The Morgan fingerprint density at radius 3 is 2.46 bits per heavy atom. The molecule has 1 aromatic carbocycles. The zero-order valence-corrected chi connectivity index (χ0v) is 21.5. The van der Waals surface area contributed by atoms with Crippen LogP contribution in [0.25, 0.3) is 0 Å². The Hall–Kier alpha value is -3.54. The monoisotopic (exact) mass is 540 g/mol. The summed E-state index contributed by atoms with van der Waals surface area (Å²) < 4.78 is 22.7. The molecule has 0 amide bonds. The zero-order chi connectivity index (χ0) is 28.1. The number of rotatable bonds is 3. The van der Waals surface area contributed by atoms with E-state index < -0.39 is 82.1 Å². The minimum Gasteiger partial charge on any atom is -0.504 e. The summed E-state index contributed by atoms with van der Waals surface area (Å²) in [6.45, 7) is 2.99. The number of fused-ring (bicyclic) bond motifs is 2.